The van der Waals surface area contributed by atoms with Crippen LogP contribution in [0.3, 0.4) is 0 Å². The minimum absolute atomic E-state index is 0.00877. The van der Waals surface area contributed by atoms with Gasteiger partial charge in [0.05, 0.1) is 18.1 Å². The Labute approximate surface area is 156 Å². The molecule has 7 nitrogen and oxygen atoms in total. The van der Waals surface area contributed by atoms with Crippen molar-refractivity contribution in [3.63, 3.8) is 0 Å². The summed E-state index contributed by atoms with van der Waals surface area (Å²) in [7, 11) is 0. The minimum Gasteiger partial charge on any atom is -0.452 e. The number of ether oxygens (including phenoxy) is 1. The second-order valence-electron chi connectivity index (χ2n) is 5.87. The van der Waals surface area contributed by atoms with Crippen LogP contribution in [-0.2, 0) is 25.5 Å². The molecule has 2 N–H and O–H groups in total. The lowest BCUT2D eigenvalue weighted by Crippen LogP contribution is -2.30. The van der Waals surface area contributed by atoms with Crippen LogP contribution in [0.2, 0.25) is 0 Å². The van der Waals surface area contributed by atoms with Gasteiger partial charge in [-0.05, 0) is 48.9 Å². The third-order valence-corrected chi connectivity index (χ3v) is 3.58. The summed E-state index contributed by atoms with van der Waals surface area (Å²) in [6.07, 6.45) is -0.957. The second kappa shape index (κ2) is 9.15. The Morgan fingerprint density at radius 2 is 1.56 bits per heavy atom. The molecule has 0 aliphatic rings. The summed E-state index contributed by atoms with van der Waals surface area (Å²) < 4.78 is 5.15. The standard InChI is InChI=1S/C20H19N3O4/c1-13(20(26)23-18-9-5-16(12-21)6-10-18)27-19(25)11-15-3-7-17(8-4-15)22-14(2)24/h3-10,13H,11H2,1-2H3,(H,22,24)(H,23,26)/t13-/m1/s1. The zero-order valence-electron chi connectivity index (χ0n) is 15.0. The first-order valence-corrected chi connectivity index (χ1v) is 8.24. The highest BCUT2D eigenvalue weighted by atomic mass is 16.5. The van der Waals surface area contributed by atoms with Crippen molar-refractivity contribution in [2.75, 3.05) is 10.6 Å². The van der Waals surface area contributed by atoms with Gasteiger partial charge in [-0.25, -0.2) is 0 Å². The maximum atomic E-state index is 12.1. The molecule has 0 unspecified atom stereocenters. The lowest BCUT2D eigenvalue weighted by atomic mass is 10.1. The molecule has 2 rings (SSSR count). The molecule has 27 heavy (non-hydrogen) atoms. The average Bonchev–Trinajstić information content (AvgIpc) is 2.63. The van der Waals surface area contributed by atoms with E-state index in [1.165, 1.54) is 13.8 Å². The topological polar surface area (TPSA) is 108 Å². The van der Waals surface area contributed by atoms with E-state index in [0.717, 1.165) is 0 Å². The predicted octanol–water partition coefficient (Wildman–Crippen LogP) is 2.63. The van der Waals surface area contributed by atoms with Gasteiger partial charge in [-0.1, -0.05) is 12.1 Å². The second-order valence-corrected chi connectivity index (χ2v) is 5.87. The van der Waals surface area contributed by atoms with Gasteiger partial charge in [0.25, 0.3) is 5.91 Å². The molecule has 2 aromatic carbocycles. The van der Waals surface area contributed by atoms with E-state index in [1.54, 1.807) is 48.5 Å². The van der Waals surface area contributed by atoms with E-state index in [4.69, 9.17) is 10.00 Å². The van der Waals surface area contributed by atoms with Gasteiger partial charge in [0.15, 0.2) is 6.10 Å². The predicted molar refractivity (Wildman–Crippen MR) is 99.8 cm³/mol. The summed E-state index contributed by atoms with van der Waals surface area (Å²) in [5.41, 5.74) is 2.33. The summed E-state index contributed by atoms with van der Waals surface area (Å²) in [6.45, 7) is 2.90. The molecule has 0 saturated carbocycles. The Kier molecular flexibility index (Phi) is 6.67. The van der Waals surface area contributed by atoms with E-state index in [9.17, 15) is 14.4 Å². The number of benzene rings is 2. The van der Waals surface area contributed by atoms with Crippen LogP contribution in [0, 0.1) is 11.3 Å². The van der Waals surface area contributed by atoms with Gasteiger partial charge in [0, 0.05) is 18.3 Å². The summed E-state index contributed by atoms with van der Waals surface area (Å²) in [6, 6.07) is 15.1. The number of rotatable bonds is 6. The molecule has 2 aromatic rings. The van der Waals surface area contributed by atoms with Crippen molar-refractivity contribution in [2.45, 2.75) is 26.4 Å². The molecule has 2 amide bonds. The summed E-state index contributed by atoms with van der Waals surface area (Å²) in [5.74, 6) is -1.18. The van der Waals surface area contributed by atoms with E-state index in [1.807, 2.05) is 6.07 Å². The average molecular weight is 365 g/mol. The number of carbonyl (C=O) groups is 3. The van der Waals surface area contributed by atoms with Crippen molar-refractivity contribution in [1.29, 1.82) is 5.26 Å². The lowest BCUT2D eigenvalue weighted by molar-refractivity contribution is -0.152. The van der Waals surface area contributed by atoms with E-state index >= 15 is 0 Å². The molecule has 0 saturated heterocycles. The molecule has 0 radical (unpaired) electrons. The first-order chi connectivity index (χ1) is 12.9. The zero-order valence-corrected chi connectivity index (χ0v) is 15.0. The van der Waals surface area contributed by atoms with Crippen LogP contribution in [0.5, 0.6) is 0 Å². The van der Waals surface area contributed by atoms with Crippen LogP contribution in [0.25, 0.3) is 0 Å². The number of hydrogen-bond acceptors (Lipinski definition) is 5. The molecule has 0 bridgehead atoms. The van der Waals surface area contributed by atoms with Crippen molar-refractivity contribution >= 4 is 29.2 Å². The summed E-state index contributed by atoms with van der Waals surface area (Å²) in [4.78, 5) is 35.1. The van der Waals surface area contributed by atoms with Gasteiger partial charge in [-0.2, -0.15) is 5.26 Å². The largest absolute Gasteiger partial charge is 0.452 e. The molecular weight excluding hydrogens is 346 g/mol. The first kappa shape index (κ1) is 19.7. The fourth-order valence-electron chi connectivity index (χ4n) is 2.24. The van der Waals surface area contributed by atoms with Crippen LogP contribution < -0.4 is 10.6 Å². The van der Waals surface area contributed by atoms with Crippen molar-refractivity contribution in [2.24, 2.45) is 0 Å². The quantitative estimate of drug-likeness (QED) is 0.765. The van der Waals surface area contributed by atoms with Crippen LogP contribution in [0.4, 0.5) is 11.4 Å². The van der Waals surface area contributed by atoms with Crippen LogP contribution >= 0.6 is 0 Å². The molecule has 0 heterocycles. The van der Waals surface area contributed by atoms with Crippen molar-refractivity contribution < 1.29 is 19.1 Å². The van der Waals surface area contributed by atoms with Gasteiger partial charge >= 0.3 is 5.97 Å². The lowest BCUT2D eigenvalue weighted by Gasteiger charge is -2.14. The molecular formula is C20H19N3O4. The highest BCUT2D eigenvalue weighted by Gasteiger charge is 2.18. The van der Waals surface area contributed by atoms with Crippen LogP contribution in [0.15, 0.2) is 48.5 Å². The van der Waals surface area contributed by atoms with E-state index < -0.39 is 18.0 Å². The number of nitrogens with zero attached hydrogens (tertiary/aromatic N) is 1. The van der Waals surface area contributed by atoms with Gasteiger partial charge in [0.2, 0.25) is 5.91 Å². The van der Waals surface area contributed by atoms with Gasteiger partial charge in [-0.3, -0.25) is 14.4 Å². The highest BCUT2D eigenvalue weighted by Crippen LogP contribution is 2.12. The van der Waals surface area contributed by atoms with E-state index in [-0.39, 0.29) is 12.3 Å². The molecule has 0 spiro atoms. The van der Waals surface area contributed by atoms with Crippen molar-refractivity contribution in [1.82, 2.24) is 0 Å². The van der Waals surface area contributed by atoms with E-state index in [0.29, 0.717) is 22.5 Å². The number of nitriles is 1. The third kappa shape index (κ3) is 6.29. The number of esters is 1. The monoisotopic (exact) mass is 365 g/mol. The van der Waals surface area contributed by atoms with Gasteiger partial charge in [-0.15, -0.1) is 0 Å². The first-order valence-electron chi connectivity index (χ1n) is 8.24. The number of amides is 2. The van der Waals surface area contributed by atoms with Gasteiger partial charge in [0.1, 0.15) is 0 Å². The maximum absolute atomic E-state index is 12.1. The third-order valence-electron chi connectivity index (χ3n) is 3.58. The Balaban J connectivity index is 1.85. The fraction of sp³-hybridized carbons (Fsp3) is 0.200. The Morgan fingerprint density at radius 1 is 1.00 bits per heavy atom. The Bertz CT molecular complexity index is 868. The highest BCUT2D eigenvalue weighted by molar-refractivity contribution is 5.95. The maximum Gasteiger partial charge on any atom is 0.311 e. The SMILES string of the molecule is CC(=O)Nc1ccc(CC(=O)O[C@H](C)C(=O)Nc2ccc(C#N)cc2)cc1. The fourth-order valence-corrected chi connectivity index (χ4v) is 2.24. The zero-order chi connectivity index (χ0) is 19.8. The van der Waals surface area contributed by atoms with Crippen LogP contribution in [-0.4, -0.2) is 23.9 Å². The van der Waals surface area contributed by atoms with Gasteiger partial charge < -0.3 is 15.4 Å². The number of anilines is 2. The van der Waals surface area contributed by atoms with Crippen LogP contribution in [0.1, 0.15) is 25.0 Å². The van der Waals surface area contributed by atoms with E-state index in [2.05, 4.69) is 10.6 Å². The van der Waals surface area contributed by atoms with Crippen molar-refractivity contribution in [3.8, 4) is 6.07 Å². The van der Waals surface area contributed by atoms with Crippen molar-refractivity contribution in [3.05, 3.63) is 59.7 Å². The molecule has 0 aromatic heterocycles. The molecule has 1 atom stereocenters. The number of nitrogens with one attached hydrogen (secondary N) is 2. The minimum atomic E-state index is -0.966. The Hall–Kier alpha value is -3.66. The molecule has 0 fully saturated rings. The normalized spacial score (nSPS) is 11.0. The molecule has 138 valence electrons. The Morgan fingerprint density at radius 3 is 2.11 bits per heavy atom. The smallest absolute Gasteiger partial charge is 0.311 e. The number of carbonyl (C=O) groups excluding carboxylic acids is 3. The molecule has 0 aliphatic heterocycles. The summed E-state index contributed by atoms with van der Waals surface area (Å²) in [5, 5.41) is 14.0. The number of hydrogen-bond donors (Lipinski definition) is 2. The molecule has 0 aliphatic carbocycles. The summed E-state index contributed by atoms with van der Waals surface area (Å²) >= 11 is 0. The molecule has 7 heteroatoms.